The third-order valence-electron chi connectivity index (χ3n) is 5.34. The Morgan fingerprint density at radius 1 is 1.22 bits per heavy atom. The van der Waals surface area contributed by atoms with Crippen LogP contribution in [0.15, 0.2) is 36.7 Å². The number of aromatic nitrogens is 2. The number of hydrogen-bond acceptors (Lipinski definition) is 6. The van der Waals surface area contributed by atoms with Gasteiger partial charge in [-0.2, -0.15) is 0 Å². The van der Waals surface area contributed by atoms with Gasteiger partial charge in [0, 0.05) is 36.5 Å². The average Bonchev–Trinajstić information content (AvgIpc) is 3.19. The molecule has 164 valence electrons. The Morgan fingerprint density at radius 2 is 2.00 bits per heavy atom. The summed E-state index contributed by atoms with van der Waals surface area (Å²) in [7, 11) is 1.66. The highest BCUT2D eigenvalue weighted by Crippen LogP contribution is 2.31. The summed E-state index contributed by atoms with van der Waals surface area (Å²) >= 11 is 0. The Hall–Kier alpha value is -3.95. The molecule has 4 N–H and O–H groups in total. The summed E-state index contributed by atoms with van der Waals surface area (Å²) in [6.07, 6.45) is 1.35. The van der Waals surface area contributed by atoms with E-state index in [1.165, 1.54) is 11.2 Å². The van der Waals surface area contributed by atoms with Crippen LogP contribution in [-0.2, 0) is 17.6 Å². The number of fused-ring (bicyclic) bond motifs is 1. The summed E-state index contributed by atoms with van der Waals surface area (Å²) < 4.78 is 40.9. The third kappa shape index (κ3) is 3.75. The molecule has 0 atom stereocenters. The third-order valence-corrected chi connectivity index (χ3v) is 5.34. The number of nitrogen functional groups attached to an aromatic ring is 1. The Labute approximate surface area is 181 Å². The van der Waals surface area contributed by atoms with E-state index in [1.54, 1.807) is 25.2 Å². The smallest absolute Gasteiger partial charge is 0.231 e. The fraction of sp³-hybridized carbons (Fsp3) is 0.182. The molecule has 0 bridgehead atoms. The summed E-state index contributed by atoms with van der Waals surface area (Å²) in [5.74, 6) is -3.40. The topological polar surface area (TPSA) is 108 Å². The predicted molar refractivity (Wildman–Crippen MR) is 114 cm³/mol. The molecule has 4 rings (SSSR count). The predicted octanol–water partition coefficient (Wildman–Crippen LogP) is 3.07. The van der Waals surface area contributed by atoms with Crippen LogP contribution in [0.2, 0.25) is 0 Å². The number of carbonyl (C=O) groups is 1. The molecule has 10 heteroatoms. The molecule has 0 radical (unpaired) electrons. The van der Waals surface area contributed by atoms with Gasteiger partial charge in [0.2, 0.25) is 5.91 Å². The first kappa shape index (κ1) is 21.3. The van der Waals surface area contributed by atoms with E-state index in [0.717, 1.165) is 11.6 Å². The van der Waals surface area contributed by atoms with Gasteiger partial charge >= 0.3 is 0 Å². The van der Waals surface area contributed by atoms with Gasteiger partial charge in [-0.15, -0.1) is 0 Å². The summed E-state index contributed by atoms with van der Waals surface area (Å²) in [6.45, 7) is 0.336. The van der Waals surface area contributed by atoms with Gasteiger partial charge in [-0.1, -0.05) is 6.07 Å². The highest BCUT2D eigenvalue weighted by Gasteiger charge is 2.27. The van der Waals surface area contributed by atoms with Crippen LogP contribution >= 0.6 is 0 Å². The van der Waals surface area contributed by atoms with E-state index < -0.39 is 29.8 Å². The standard InChI is InChI=1S/C22H19F3N6O/c1-28-22-18(21(27)29-10-30-22)20(26)12-2-3-16-11(6-12)4-5-31(16)17(32)8-13-7-14(23)9-15(24)19(13)25/h2-3,6-7,9-10,26H,4-5,8H2,1H3,(H3,27,28,29,30). The molecule has 1 aliphatic rings. The molecule has 1 aliphatic heterocycles. The van der Waals surface area contributed by atoms with Gasteiger partial charge in [0.15, 0.2) is 11.6 Å². The number of amides is 1. The Bertz CT molecular complexity index is 1250. The van der Waals surface area contributed by atoms with Crippen molar-refractivity contribution in [3.63, 3.8) is 0 Å². The Kier molecular flexibility index (Phi) is 5.52. The van der Waals surface area contributed by atoms with Crippen LogP contribution in [0, 0.1) is 22.9 Å². The quantitative estimate of drug-likeness (QED) is 0.418. The van der Waals surface area contributed by atoms with E-state index in [0.29, 0.717) is 41.7 Å². The highest BCUT2D eigenvalue weighted by atomic mass is 19.2. The van der Waals surface area contributed by atoms with Gasteiger partial charge in [-0.05, 0) is 30.2 Å². The molecule has 0 aliphatic carbocycles. The van der Waals surface area contributed by atoms with Crippen molar-refractivity contribution in [1.29, 1.82) is 5.41 Å². The van der Waals surface area contributed by atoms with Crippen LogP contribution in [0.5, 0.6) is 0 Å². The number of hydrogen-bond donors (Lipinski definition) is 3. The fourth-order valence-corrected chi connectivity index (χ4v) is 3.79. The minimum Gasteiger partial charge on any atom is -0.383 e. The van der Waals surface area contributed by atoms with E-state index in [2.05, 4.69) is 15.3 Å². The number of carbonyl (C=O) groups excluding carboxylic acids is 1. The average molecular weight is 440 g/mol. The zero-order chi connectivity index (χ0) is 23.0. The van der Waals surface area contributed by atoms with Gasteiger partial charge in [-0.25, -0.2) is 23.1 Å². The maximum atomic E-state index is 14.0. The molecule has 0 spiro atoms. The minimum atomic E-state index is -1.33. The first-order valence-electron chi connectivity index (χ1n) is 9.74. The van der Waals surface area contributed by atoms with Gasteiger partial charge in [0.05, 0.1) is 17.7 Å². The molecule has 32 heavy (non-hydrogen) atoms. The molecule has 0 fully saturated rings. The molecule has 0 saturated heterocycles. The lowest BCUT2D eigenvalue weighted by Crippen LogP contribution is -2.30. The molecule has 2 aromatic carbocycles. The molecule has 0 saturated carbocycles. The lowest BCUT2D eigenvalue weighted by Gasteiger charge is -2.18. The van der Waals surface area contributed by atoms with Crippen molar-refractivity contribution in [2.45, 2.75) is 12.8 Å². The molecule has 1 amide bonds. The highest BCUT2D eigenvalue weighted by molar-refractivity contribution is 6.16. The fourth-order valence-electron chi connectivity index (χ4n) is 3.79. The first-order chi connectivity index (χ1) is 15.3. The van der Waals surface area contributed by atoms with Gasteiger partial charge in [0.25, 0.3) is 0 Å². The van der Waals surface area contributed by atoms with Crippen LogP contribution in [-0.4, -0.2) is 35.2 Å². The summed E-state index contributed by atoms with van der Waals surface area (Å²) in [5, 5.41) is 11.5. The second-order valence-electron chi connectivity index (χ2n) is 7.28. The number of benzene rings is 2. The van der Waals surface area contributed by atoms with Crippen LogP contribution in [0.4, 0.5) is 30.5 Å². The van der Waals surface area contributed by atoms with Crippen LogP contribution in [0.3, 0.4) is 0 Å². The van der Waals surface area contributed by atoms with Crippen molar-refractivity contribution < 1.29 is 18.0 Å². The molecule has 0 unspecified atom stereocenters. The van der Waals surface area contributed by atoms with Gasteiger partial charge in [0.1, 0.15) is 23.8 Å². The van der Waals surface area contributed by atoms with Crippen molar-refractivity contribution in [1.82, 2.24) is 9.97 Å². The van der Waals surface area contributed by atoms with Crippen molar-refractivity contribution >= 4 is 28.9 Å². The summed E-state index contributed by atoms with van der Waals surface area (Å²) in [5.41, 5.74) is 8.08. The van der Waals surface area contributed by atoms with E-state index in [-0.39, 0.29) is 17.1 Å². The second-order valence-corrected chi connectivity index (χ2v) is 7.28. The van der Waals surface area contributed by atoms with E-state index in [4.69, 9.17) is 11.1 Å². The van der Waals surface area contributed by atoms with E-state index in [1.807, 2.05) is 0 Å². The molecular weight excluding hydrogens is 421 g/mol. The van der Waals surface area contributed by atoms with Crippen molar-refractivity contribution in [3.8, 4) is 0 Å². The maximum absolute atomic E-state index is 14.0. The number of nitrogens with zero attached hydrogens (tertiary/aromatic N) is 3. The zero-order valence-corrected chi connectivity index (χ0v) is 17.0. The summed E-state index contributed by atoms with van der Waals surface area (Å²) in [6, 6.07) is 6.39. The van der Waals surface area contributed by atoms with Crippen molar-refractivity contribution in [2.75, 3.05) is 29.5 Å². The van der Waals surface area contributed by atoms with E-state index >= 15 is 0 Å². The zero-order valence-electron chi connectivity index (χ0n) is 17.0. The number of halogens is 3. The van der Waals surface area contributed by atoms with Crippen LogP contribution in [0.1, 0.15) is 22.3 Å². The van der Waals surface area contributed by atoms with E-state index in [9.17, 15) is 18.0 Å². The number of nitrogens with two attached hydrogens (primary N) is 1. The first-order valence-corrected chi connectivity index (χ1v) is 9.74. The normalized spacial score (nSPS) is 12.6. The second kappa shape index (κ2) is 8.29. The summed E-state index contributed by atoms with van der Waals surface area (Å²) in [4.78, 5) is 22.2. The minimum absolute atomic E-state index is 0.123. The van der Waals surface area contributed by atoms with Crippen LogP contribution < -0.4 is 16.0 Å². The maximum Gasteiger partial charge on any atom is 0.231 e. The molecular formula is C22H19F3N6O. The van der Waals surface area contributed by atoms with Crippen LogP contribution in [0.25, 0.3) is 0 Å². The Balaban J connectivity index is 1.60. The lowest BCUT2D eigenvalue weighted by atomic mass is 10.00. The number of rotatable bonds is 5. The van der Waals surface area contributed by atoms with Gasteiger partial charge in [-0.3, -0.25) is 10.2 Å². The molecule has 7 nitrogen and oxygen atoms in total. The van der Waals surface area contributed by atoms with Gasteiger partial charge < -0.3 is 16.0 Å². The Morgan fingerprint density at radius 3 is 2.75 bits per heavy atom. The van der Waals surface area contributed by atoms with Crippen molar-refractivity contribution in [3.05, 3.63) is 76.4 Å². The van der Waals surface area contributed by atoms with Crippen molar-refractivity contribution in [2.24, 2.45) is 0 Å². The number of anilines is 3. The molecule has 3 aromatic rings. The molecule has 2 heterocycles. The monoisotopic (exact) mass is 440 g/mol. The SMILES string of the molecule is CNc1ncnc(N)c1C(=N)c1ccc2c(c1)CCN2C(=O)Cc1cc(F)cc(F)c1F. The number of nitrogens with one attached hydrogen (secondary N) is 2. The lowest BCUT2D eigenvalue weighted by molar-refractivity contribution is -0.117. The largest absolute Gasteiger partial charge is 0.383 e. The molecule has 1 aromatic heterocycles.